The van der Waals surface area contributed by atoms with Crippen molar-refractivity contribution >= 4 is 11.9 Å². The van der Waals surface area contributed by atoms with Crippen LogP contribution in [0.15, 0.2) is 18.2 Å². The van der Waals surface area contributed by atoms with Crippen LogP contribution >= 0.6 is 0 Å². The molecule has 1 unspecified atom stereocenters. The molecule has 21 heavy (non-hydrogen) atoms. The molecule has 1 aliphatic rings. The van der Waals surface area contributed by atoms with E-state index in [1.54, 1.807) is 4.90 Å². The molecular weight excluding hydrogens is 274 g/mol. The van der Waals surface area contributed by atoms with Crippen LogP contribution in [-0.4, -0.2) is 46.7 Å². The maximum absolute atomic E-state index is 12.5. The Morgan fingerprint density at radius 3 is 2.76 bits per heavy atom. The third-order valence-electron chi connectivity index (χ3n) is 3.73. The molecule has 2 N–H and O–H groups in total. The lowest BCUT2D eigenvalue weighted by molar-refractivity contribution is -0.142. The number of phenolic OH excluding ortho intramolecular Hbond substituents is 2. The van der Waals surface area contributed by atoms with Crippen LogP contribution in [0, 0.1) is 0 Å². The summed E-state index contributed by atoms with van der Waals surface area (Å²) in [5.74, 6) is -1.05. The number of aromatic hydroxyl groups is 2. The number of piperidine rings is 1. The molecule has 6 nitrogen and oxygen atoms in total. The monoisotopic (exact) mass is 293 g/mol. The summed E-state index contributed by atoms with van der Waals surface area (Å²) in [6.45, 7) is 0.542. The van der Waals surface area contributed by atoms with E-state index in [0.717, 1.165) is 25.3 Å². The van der Waals surface area contributed by atoms with E-state index < -0.39 is 0 Å². The van der Waals surface area contributed by atoms with Gasteiger partial charge in [-0.3, -0.25) is 9.59 Å². The number of carbonyl (C=O) groups is 2. The lowest BCUT2D eigenvalue weighted by Crippen LogP contribution is -2.44. The van der Waals surface area contributed by atoms with E-state index in [-0.39, 0.29) is 41.4 Å². The van der Waals surface area contributed by atoms with Gasteiger partial charge >= 0.3 is 5.97 Å². The van der Waals surface area contributed by atoms with E-state index in [0.29, 0.717) is 6.54 Å². The summed E-state index contributed by atoms with van der Waals surface area (Å²) >= 11 is 0. The Bertz CT molecular complexity index is 543. The zero-order valence-corrected chi connectivity index (χ0v) is 11.9. The summed E-state index contributed by atoms with van der Waals surface area (Å²) in [4.78, 5) is 25.6. The first-order chi connectivity index (χ1) is 10.0. The number of benzene rings is 1. The molecule has 1 aliphatic heterocycles. The van der Waals surface area contributed by atoms with Crippen molar-refractivity contribution in [1.82, 2.24) is 4.90 Å². The van der Waals surface area contributed by atoms with E-state index in [1.807, 2.05) is 0 Å². The summed E-state index contributed by atoms with van der Waals surface area (Å²) in [6.07, 6.45) is 2.70. The predicted octanol–water partition coefficient (Wildman–Crippen LogP) is 1.66. The molecule has 1 atom stereocenters. The Morgan fingerprint density at radius 1 is 1.33 bits per heavy atom. The number of rotatable bonds is 3. The summed E-state index contributed by atoms with van der Waals surface area (Å²) < 4.78 is 4.67. The highest BCUT2D eigenvalue weighted by molar-refractivity contribution is 5.97. The van der Waals surface area contributed by atoms with Crippen LogP contribution in [0.2, 0.25) is 0 Å². The van der Waals surface area contributed by atoms with Gasteiger partial charge in [0.05, 0.1) is 19.1 Å². The molecule has 0 bridgehead atoms. The van der Waals surface area contributed by atoms with Gasteiger partial charge in [-0.1, -0.05) is 0 Å². The highest BCUT2D eigenvalue weighted by Gasteiger charge is 2.30. The SMILES string of the molecule is COC(=O)CC1CCCCN1C(=O)c1ccc(O)cc1O. The molecule has 0 aliphatic carbocycles. The van der Waals surface area contributed by atoms with Gasteiger partial charge in [-0.2, -0.15) is 0 Å². The van der Waals surface area contributed by atoms with Gasteiger partial charge in [0.15, 0.2) is 0 Å². The average Bonchev–Trinajstić information content (AvgIpc) is 2.47. The molecule has 6 heteroatoms. The van der Waals surface area contributed by atoms with Gasteiger partial charge in [0.2, 0.25) is 0 Å². The molecule has 1 amide bonds. The second-order valence-corrected chi connectivity index (χ2v) is 5.13. The van der Waals surface area contributed by atoms with Crippen molar-refractivity contribution in [2.75, 3.05) is 13.7 Å². The minimum absolute atomic E-state index is 0.103. The van der Waals surface area contributed by atoms with Crippen LogP contribution in [0.1, 0.15) is 36.0 Å². The minimum atomic E-state index is -0.352. The van der Waals surface area contributed by atoms with Gasteiger partial charge in [0.25, 0.3) is 5.91 Å². The fourth-order valence-electron chi connectivity index (χ4n) is 2.61. The molecule has 1 heterocycles. The Balaban J connectivity index is 2.20. The first-order valence-corrected chi connectivity index (χ1v) is 6.92. The fraction of sp³-hybridized carbons (Fsp3) is 0.467. The summed E-state index contributed by atoms with van der Waals surface area (Å²) in [5.41, 5.74) is 0.129. The molecule has 0 spiro atoms. The van der Waals surface area contributed by atoms with Crippen LogP contribution in [0.3, 0.4) is 0 Å². The maximum atomic E-state index is 12.5. The Kier molecular flexibility index (Phi) is 4.67. The van der Waals surface area contributed by atoms with Crippen LogP contribution in [0.4, 0.5) is 0 Å². The third-order valence-corrected chi connectivity index (χ3v) is 3.73. The quantitative estimate of drug-likeness (QED) is 0.828. The highest BCUT2D eigenvalue weighted by atomic mass is 16.5. The predicted molar refractivity (Wildman–Crippen MR) is 75.1 cm³/mol. The molecule has 114 valence electrons. The first kappa shape index (κ1) is 15.2. The van der Waals surface area contributed by atoms with Crippen molar-refractivity contribution in [2.24, 2.45) is 0 Å². The molecule has 1 aromatic rings. The Morgan fingerprint density at radius 2 is 2.10 bits per heavy atom. The topological polar surface area (TPSA) is 87.1 Å². The van der Waals surface area contributed by atoms with E-state index in [9.17, 15) is 19.8 Å². The summed E-state index contributed by atoms with van der Waals surface area (Å²) in [5, 5.41) is 19.1. The second kappa shape index (κ2) is 6.47. The highest BCUT2D eigenvalue weighted by Crippen LogP contribution is 2.27. The smallest absolute Gasteiger partial charge is 0.307 e. The number of ether oxygens (including phenoxy) is 1. The minimum Gasteiger partial charge on any atom is -0.508 e. The number of hydrogen-bond donors (Lipinski definition) is 2. The average molecular weight is 293 g/mol. The molecule has 0 radical (unpaired) electrons. The van der Waals surface area contributed by atoms with Crippen LogP contribution < -0.4 is 0 Å². The molecule has 0 saturated carbocycles. The van der Waals surface area contributed by atoms with Crippen molar-refractivity contribution in [2.45, 2.75) is 31.7 Å². The van der Waals surface area contributed by atoms with Gasteiger partial charge in [-0.15, -0.1) is 0 Å². The Labute approximate surface area is 122 Å². The van der Waals surface area contributed by atoms with Crippen molar-refractivity contribution in [3.05, 3.63) is 23.8 Å². The van der Waals surface area contributed by atoms with Crippen molar-refractivity contribution in [3.8, 4) is 11.5 Å². The fourth-order valence-corrected chi connectivity index (χ4v) is 2.61. The zero-order valence-electron chi connectivity index (χ0n) is 11.9. The third kappa shape index (κ3) is 3.45. The molecule has 1 aromatic carbocycles. The number of phenols is 2. The van der Waals surface area contributed by atoms with Gasteiger partial charge in [-0.25, -0.2) is 0 Å². The zero-order chi connectivity index (χ0) is 15.4. The molecule has 0 aromatic heterocycles. The molecule has 2 rings (SSSR count). The van der Waals surface area contributed by atoms with Crippen molar-refractivity contribution in [3.63, 3.8) is 0 Å². The van der Waals surface area contributed by atoms with Crippen LogP contribution in [0.5, 0.6) is 11.5 Å². The molecule has 1 fully saturated rings. The van der Waals surface area contributed by atoms with E-state index in [1.165, 1.54) is 19.2 Å². The van der Waals surface area contributed by atoms with Crippen LogP contribution in [-0.2, 0) is 9.53 Å². The number of methoxy groups -OCH3 is 1. The standard InChI is InChI=1S/C15H19NO5/c1-21-14(19)8-10-4-2-3-7-16(10)15(20)12-6-5-11(17)9-13(12)18/h5-6,9-10,17-18H,2-4,7-8H2,1H3. The van der Waals surface area contributed by atoms with Gasteiger partial charge < -0.3 is 19.8 Å². The van der Waals surface area contributed by atoms with E-state index >= 15 is 0 Å². The largest absolute Gasteiger partial charge is 0.508 e. The number of hydrogen-bond acceptors (Lipinski definition) is 5. The normalized spacial score (nSPS) is 18.3. The van der Waals surface area contributed by atoms with E-state index in [2.05, 4.69) is 4.74 Å². The summed E-state index contributed by atoms with van der Waals surface area (Å²) in [6, 6.07) is 3.65. The first-order valence-electron chi connectivity index (χ1n) is 6.92. The number of esters is 1. The van der Waals surface area contributed by atoms with Crippen molar-refractivity contribution in [1.29, 1.82) is 0 Å². The Hall–Kier alpha value is -2.24. The van der Waals surface area contributed by atoms with Crippen molar-refractivity contribution < 1.29 is 24.5 Å². The maximum Gasteiger partial charge on any atom is 0.307 e. The van der Waals surface area contributed by atoms with Gasteiger partial charge in [-0.05, 0) is 31.4 Å². The number of carbonyl (C=O) groups excluding carboxylic acids is 2. The van der Waals surface area contributed by atoms with Gasteiger partial charge in [0, 0.05) is 18.7 Å². The van der Waals surface area contributed by atoms with E-state index in [4.69, 9.17) is 0 Å². The van der Waals surface area contributed by atoms with Crippen LogP contribution in [0.25, 0.3) is 0 Å². The second-order valence-electron chi connectivity index (χ2n) is 5.13. The molecule has 1 saturated heterocycles. The lowest BCUT2D eigenvalue weighted by atomic mass is 9.98. The number of nitrogens with zero attached hydrogens (tertiary/aromatic N) is 1. The van der Waals surface area contributed by atoms with Gasteiger partial charge in [0.1, 0.15) is 11.5 Å². The summed E-state index contributed by atoms with van der Waals surface area (Å²) in [7, 11) is 1.32. The molecular formula is C15H19NO5. The lowest BCUT2D eigenvalue weighted by Gasteiger charge is -2.35. The number of likely N-dealkylation sites (tertiary alicyclic amines) is 1. The number of amides is 1.